The average molecular weight is 246 g/mol. The molecular weight excluding hydrogens is 229 g/mol. The first-order chi connectivity index (χ1) is 6.80. The fourth-order valence-corrected chi connectivity index (χ4v) is 0. The Morgan fingerprint density at radius 2 is 0.800 bits per heavy atom. The summed E-state index contributed by atoms with van der Waals surface area (Å²) in [5, 5.41) is 0. The van der Waals surface area contributed by atoms with Gasteiger partial charge in [-0.15, -0.1) is 0 Å². The molecule has 0 spiro atoms. The van der Waals surface area contributed by atoms with Crippen LogP contribution >= 0.6 is 0 Å². The highest BCUT2D eigenvalue weighted by atomic mass is 19.4. The van der Waals surface area contributed by atoms with E-state index in [1.807, 2.05) is 0 Å². The van der Waals surface area contributed by atoms with Gasteiger partial charge in [0.05, 0.1) is 0 Å². The van der Waals surface area contributed by atoms with Gasteiger partial charge in [0.1, 0.15) is 0 Å². The van der Waals surface area contributed by atoms with E-state index in [0.29, 0.717) is 0 Å². The molecule has 0 aromatic heterocycles. The third kappa shape index (κ3) is 284. The Morgan fingerprint density at radius 1 is 0.733 bits per heavy atom. The van der Waals surface area contributed by atoms with Crippen LogP contribution < -0.4 is 0 Å². The van der Waals surface area contributed by atoms with Crippen molar-refractivity contribution in [1.82, 2.24) is 0 Å². The van der Waals surface area contributed by atoms with Gasteiger partial charge in [-0.25, -0.2) is 17.6 Å². The van der Waals surface area contributed by atoms with E-state index in [1.165, 1.54) is 6.42 Å². The van der Waals surface area contributed by atoms with Gasteiger partial charge in [0.15, 0.2) is 0 Å². The van der Waals surface area contributed by atoms with Crippen LogP contribution in [0.5, 0.6) is 0 Å². The molecule has 98 valence electrons. The lowest BCUT2D eigenvalue weighted by Gasteiger charge is -1.96. The van der Waals surface area contributed by atoms with Crippen molar-refractivity contribution in [2.45, 2.75) is 39.8 Å². The van der Waals surface area contributed by atoms with Gasteiger partial charge >= 0.3 is 6.18 Å². The summed E-state index contributed by atoms with van der Waals surface area (Å²) in [4.78, 5) is 0. The SMILES string of the molecule is CCC.CCC(F)(F)F.FCF.FCF. The van der Waals surface area contributed by atoms with Crippen LogP contribution in [0, 0.1) is 0 Å². The minimum absolute atomic E-state index is 0.729. The summed E-state index contributed by atoms with van der Waals surface area (Å²) in [7, 11) is 0. The number of halogens is 7. The molecule has 15 heavy (non-hydrogen) atoms. The Bertz CT molecular complexity index is 67.1. The molecule has 0 saturated heterocycles. The Hall–Kier alpha value is -0.490. The standard InChI is InChI=1S/C3H5F3.C3H8.2CH2F2/c1-2-3(4,5)6;1-3-2;2*2-1-3/h2H2,1H3;3H2,1-2H3;2*1H2. The lowest BCUT2D eigenvalue weighted by atomic mass is 10.5. The van der Waals surface area contributed by atoms with E-state index in [2.05, 4.69) is 13.8 Å². The van der Waals surface area contributed by atoms with Crippen molar-refractivity contribution < 1.29 is 30.7 Å². The largest absolute Gasteiger partial charge is 0.388 e. The molecule has 0 aromatic rings. The first-order valence-corrected chi connectivity index (χ1v) is 4.11. The highest BCUT2D eigenvalue weighted by molar-refractivity contribution is 4.39. The van der Waals surface area contributed by atoms with E-state index in [9.17, 15) is 30.7 Å². The molecule has 0 aliphatic carbocycles. The van der Waals surface area contributed by atoms with Crippen molar-refractivity contribution in [3.05, 3.63) is 0 Å². The van der Waals surface area contributed by atoms with Gasteiger partial charge in [-0.05, 0) is 0 Å². The number of hydrogen-bond donors (Lipinski definition) is 0. The van der Waals surface area contributed by atoms with Gasteiger partial charge in [0.2, 0.25) is 13.9 Å². The predicted octanol–water partition coefficient (Wildman–Crippen LogP) is 5.14. The molecule has 0 fully saturated rings. The lowest BCUT2D eigenvalue weighted by Crippen LogP contribution is -2.02. The zero-order valence-electron chi connectivity index (χ0n) is 8.97. The molecule has 0 amide bonds. The molecule has 0 aromatic carbocycles. The maximum absolute atomic E-state index is 10.8. The van der Waals surface area contributed by atoms with Crippen LogP contribution in [0.4, 0.5) is 30.7 Å². The molecular formula is C8H17F7. The van der Waals surface area contributed by atoms with E-state index < -0.39 is 26.5 Å². The molecule has 7 heteroatoms. The Balaban J connectivity index is -0.0000000581. The maximum Gasteiger partial charge on any atom is 0.388 e. The van der Waals surface area contributed by atoms with Crippen molar-refractivity contribution in [2.75, 3.05) is 13.9 Å². The number of rotatable bonds is 0. The maximum atomic E-state index is 10.8. The van der Waals surface area contributed by atoms with Crippen molar-refractivity contribution in [3.63, 3.8) is 0 Å². The smallest absolute Gasteiger partial charge is 0.214 e. The molecule has 0 heterocycles. The lowest BCUT2D eigenvalue weighted by molar-refractivity contribution is -0.130. The second-order valence-electron chi connectivity index (χ2n) is 1.88. The molecule has 0 rings (SSSR count). The van der Waals surface area contributed by atoms with E-state index in [0.717, 1.165) is 6.92 Å². The second kappa shape index (κ2) is 23.4. The highest BCUT2D eigenvalue weighted by Crippen LogP contribution is 2.17. The van der Waals surface area contributed by atoms with Crippen molar-refractivity contribution in [1.29, 1.82) is 0 Å². The van der Waals surface area contributed by atoms with Gasteiger partial charge in [-0.2, -0.15) is 13.2 Å². The molecule has 0 atom stereocenters. The third-order valence-electron chi connectivity index (χ3n) is 0.401. The Kier molecular flexibility index (Phi) is 37.4. The van der Waals surface area contributed by atoms with E-state index in [4.69, 9.17) is 0 Å². The van der Waals surface area contributed by atoms with Gasteiger partial charge < -0.3 is 0 Å². The van der Waals surface area contributed by atoms with Gasteiger partial charge in [0.25, 0.3) is 0 Å². The van der Waals surface area contributed by atoms with E-state index in [1.54, 1.807) is 0 Å². The van der Waals surface area contributed by atoms with Gasteiger partial charge in [-0.3, -0.25) is 0 Å². The quantitative estimate of drug-likeness (QED) is 0.519. The van der Waals surface area contributed by atoms with Crippen LogP contribution in [0.25, 0.3) is 0 Å². The Labute approximate surface area is 85.5 Å². The van der Waals surface area contributed by atoms with Crippen molar-refractivity contribution in [2.24, 2.45) is 0 Å². The van der Waals surface area contributed by atoms with Crippen LogP contribution in [0.1, 0.15) is 33.6 Å². The summed E-state index contributed by atoms with van der Waals surface area (Å²) < 4.78 is 70.9. The predicted molar refractivity (Wildman–Crippen MR) is 46.5 cm³/mol. The summed E-state index contributed by atoms with van der Waals surface area (Å²) in [6.07, 6.45) is -3.44. The van der Waals surface area contributed by atoms with E-state index in [-0.39, 0.29) is 0 Å². The fourth-order valence-electron chi connectivity index (χ4n) is 0. The van der Waals surface area contributed by atoms with Crippen LogP contribution in [-0.4, -0.2) is 20.0 Å². The zero-order chi connectivity index (χ0) is 13.3. The zero-order valence-corrected chi connectivity index (χ0v) is 8.97. The molecule has 0 unspecified atom stereocenters. The fraction of sp³-hybridized carbons (Fsp3) is 1.00. The Morgan fingerprint density at radius 3 is 0.800 bits per heavy atom. The van der Waals surface area contributed by atoms with E-state index >= 15 is 0 Å². The third-order valence-corrected chi connectivity index (χ3v) is 0.401. The normalized spacial score (nSPS) is 8.40. The summed E-state index contributed by atoms with van der Waals surface area (Å²) in [6, 6.07) is 0. The average Bonchev–Trinajstić information content (AvgIpc) is 2.07. The van der Waals surface area contributed by atoms with Crippen LogP contribution in [-0.2, 0) is 0 Å². The molecule has 0 radical (unpaired) electrons. The van der Waals surface area contributed by atoms with Crippen LogP contribution in [0.3, 0.4) is 0 Å². The van der Waals surface area contributed by atoms with Gasteiger partial charge in [-0.1, -0.05) is 27.2 Å². The number of hydrogen-bond acceptors (Lipinski definition) is 0. The van der Waals surface area contributed by atoms with Crippen molar-refractivity contribution in [3.8, 4) is 0 Å². The van der Waals surface area contributed by atoms with Crippen LogP contribution in [0.2, 0.25) is 0 Å². The number of alkyl halides is 7. The summed E-state index contributed by atoms with van der Waals surface area (Å²) in [5.74, 6) is 0. The monoisotopic (exact) mass is 246 g/mol. The minimum Gasteiger partial charge on any atom is -0.214 e. The minimum atomic E-state index is -3.96. The first-order valence-electron chi connectivity index (χ1n) is 4.11. The summed E-state index contributed by atoms with van der Waals surface area (Å²) in [6.45, 7) is 1.83. The molecule has 0 aliphatic rings. The molecule has 0 saturated carbocycles. The first kappa shape index (κ1) is 24.0. The molecule has 0 nitrogen and oxygen atoms in total. The molecule has 0 N–H and O–H groups in total. The summed E-state index contributed by atoms with van der Waals surface area (Å²) in [5.41, 5.74) is 0. The topological polar surface area (TPSA) is 0 Å². The second-order valence-corrected chi connectivity index (χ2v) is 1.88. The molecule has 0 bridgehead atoms. The summed E-state index contributed by atoms with van der Waals surface area (Å²) >= 11 is 0. The highest BCUT2D eigenvalue weighted by Gasteiger charge is 2.22. The van der Waals surface area contributed by atoms with Gasteiger partial charge in [0, 0.05) is 6.42 Å². The molecule has 0 aliphatic heterocycles. The van der Waals surface area contributed by atoms with Crippen molar-refractivity contribution >= 4 is 0 Å². The van der Waals surface area contributed by atoms with Crippen LogP contribution in [0.15, 0.2) is 0 Å².